The summed E-state index contributed by atoms with van der Waals surface area (Å²) in [5.74, 6) is -2.21. The van der Waals surface area contributed by atoms with Crippen LogP contribution in [0.3, 0.4) is 0 Å². The molecule has 3 aliphatic carbocycles. The molecule has 52 heavy (non-hydrogen) atoms. The third-order valence-corrected chi connectivity index (χ3v) is 10.9. The highest BCUT2D eigenvalue weighted by molar-refractivity contribution is 7.50. The van der Waals surface area contributed by atoms with Crippen LogP contribution in [0.15, 0.2) is 89.2 Å². The lowest BCUT2D eigenvalue weighted by Gasteiger charge is -2.25. The number of hydrogen-bond donors (Lipinski definition) is 2. The highest BCUT2D eigenvalue weighted by atomic mass is 31.1. The van der Waals surface area contributed by atoms with Gasteiger partial charge in [0, 0.05) is 17.8 Å². The van der Waals surface area contributed by atoms with Crippen molar-refractivity contribution in [3.05, 3.63) is 106 Å². The summed E-state index contributed by atoms with van der Waals surface area (Å²) in [6.45, 7) is 1.67. The van der Waals surface area contributed by atoms with E-state index in [1.54, 1.807) is 31.2 Å². The van der Waals surface area contributed by atoms with E-state index in [9.17, 15) is 54.2 Å². The molecule has 3 fully saturated rings. The second-order valence-corrected chi connectivity index (χ2v) is 13.9. The molecule has 3 atom stereocenters. The summed E-state index contributed by atoms with van der Waals surface area (Å²) in [6.07, 6.45) is -13.0. The number of nitrogens with two attached hydrogens (primary N) is 1. The number of allylic oxidation sites excluding steroid dienone is 7. The van der Waals surface area contributed by atoms with Gasteiger partial charge >= 0.3 is 30.6 Å². The van der Waals surface area contributed by atoms with Crippen LogP contribution >= 0.6 is 8.58 Å². The average molecular weight is 759 g/mol. The second kappa shape index (κ2) is 12.5. The number of carboxylic acids is 1. The van der Waals surface area contributed by atoms with Gasteiger partial charge in [-0.15, -0.1) is 0 Å². The number of methoxy groups -OCH3 is 1. The zero-order valence-electron chi connectivity index (χ0n) is 27.1. The van der Waals surface area contributed by atoms with Gasteiger partial charge in [0.1, 0.15) is 11.4 Å². The van der Waals surface area contributed by atoms with E-state index in [1.165, 1.54) is 24.1 Å². The molecule has 276 valence electrons. The molecule has 0 aromatic heterocycles. The fourth-order valence-electron chi connectivity index (χ4n) is 6.90. The van der Waals surface area contributed by atoms with E-state index in [0.717, 1.165) is 6.08 Å². The van der Waals surface area contributed by atoms with Gasteiger partial charge in [0.25, 0.3) is 0 Å². The van der Waals surface area contributed by atoms with Crippen LogP contribution < -0.4 is 10.5 Å². The number of alkyl halides is 9. The summed E-state index contributed by atoms with van der Waals surface area (Å²) < 4.78 is 134. The molecule has 3 N–H and O–H groups in total. The Morgan fingerprint density at radius 1 is 1.02 bits per heavy atom. The van der Waals surface area contributed by atoms with Crippen LogP contribution in [-0.2, 0) is 4.74 Å². The maximum atomic E-state index is 13.8. The summed E-state index contributed by atoms with van der Waals surface area (Å²) in [7, 11) is 0.810. The third kappa shape index (κ3) is 6.35. The number of carbonyl (C=O) groups is 2. The van der Waals surface area contributed by atoms with Gasteiger partial charge in [-0.3, -0.25) is 4.90 Å². The van der Waals surface area contributed by atoms with Crippen LogP contribution in [0.2, 0.25) is 0 Å². The van der Waals surface area contributed by atoms with Crippen molar-refractivity contribution in [2.24, 2.45) is 11.7 Å². The standard InChI is InChI=1S/C35H28F9N2O5P/c1-17-11-19(29(47)48)3-5-22(17)18-4-6-26(50-2)23(12-18)27(7-8-28(45)35(42,43)44)52-16-46-30(49)51-32(31(46)9-10-31)24-14-20(33(36,37)38)13-21(15-25(24)32)34(39,40)41/h3-8,11-15,24,52H,9-10,16,45H2,1-2H3,(H,47,48)/b27-7-,28-8-/t24?,32-/m1/s1. The lowest BCUT2D eigenvalue weighted by molar-refractivity contribution is -0.0944. The number of carboxylic acid groups (broad SMARTS) is 1. The van der Waals surface area contributed by atoms with Gasteiger partial charge in [0.15, 0.2) is 5.60 Å². The fourth-order valence-corrected chi connectivity index (χ4v) is 8.25. The topological polar surface area (TPSA) is 102 Å². The molecule has 0 radical (unpaired) electrons. The predicted octanol–water partition coefficient (Wildman–Crippen LogP) is 9.02. The Hall–Kier alpha value is -4.72. The highest BCUT2D eigenvalue weighted by Gasteiger charge is 2.84. The molecule has 1 amide bonds. The molecule has 2 aromatic carbocycles. The average Bonchev–Trinajstić information content (AvgIpc) is 3.94. The summed E-state index contributed by atoms with van der Waals surface area (Å²) in [5, 5.41) is 9.58. The normalized spacial score (nSPS) is 23.0. The van der Waals surface area contributed by atoms with Gasteiger partial charge in [0.05, 0.1) is 29.4 Å². The number of aryl methyl sites for hydroxylation is 1. The Kier molecular flexibility index (Phi) is 8.87. The first-order valence-corrected chi connectivity index (χ1v) is 16.7. The Labute approximate surface area is 291 Å². The van der Waals surface area contributed by atoms with Crippen LogP contribution in [0.5, 0.6) is 5.75 Å². The number of nitrogens with zero attached hydrogens (tertiary/aromatic N) is 1. The molecular formula is C35H28F9N2O5P. The predicted molar refractivity (Wildman–Crippen MR) is 172 cm³/mol. The fraction of sp³-hybridized carbons (Fsp3) is 0.314. The van der Waals surface area contributed by atoms with Gasteiger partial charge < -0.3 is 20.3 Å². The number of fused-ring (bicyclic) bond motifs is 4. The zero-order valence-corrected chi connectivity index (χ0v) is 28.1. The highest BCUT2D eigenvalue weighted by Crippen LogP contribution is 2.74. The molecular weight excluding hydrogens is 730 g/mol. The van der Waals surface area contributed by atoms with Crippen molar-refractivity contribution in [2.75, 3.05) is 13.4 Å². The molecule has 1 aliphatic heterocycles. The number of carbonyl (C=O) groups excluding carboxylic acids is 1. The SMILES string of the molecule is COc1ccc(-c2ccc(C(=O)O)cc2C)cc1/C(=C/C=C(\N)C(F)(F)F)PCN1C(=O)O[C@]2(C3=CC(C(F)(F)F)=CC(C(F)(F)F)=CC32)C12CC2. The first-order chi connectivity index (χ1) is 24.1. The van der Waals surface area contributed by atoms with Crippen LogP contribution in [0.1, 0.15) is 34.3 Å². The quantitative estimate of drug-likeness (QED) is 0.158. The lowest BCUT2D eigenvalue weighted by atomic mass is 9.96. The molecule has 2 spiro atoms. The van der Waals surface area contributed by atoms with Gasteiger partial charge in [0.2, 0.25) is 0 Å². The molecule has 7 nitrogen and oxygen atoms in total. The Morgan fingerprint density at radius 3 is 2.25 bits per heavy atom. The summed E-state index contributed by atoms with van der Waals surface area (Å²) in [6, 6.07) is 9.21. The summed E-state index contributed by atoms with van der Waals surface area (Å²) >= 11 is 0. The molecule has 1 saturated heterocycles. The van der Waals surface area contributed by atoms with E-state index in [2.05, 4.69) is 0 Å². The molecule has 17 heteroatoms. The zero-order chi connectivity index (χ0) is 38.2. The number of ether oxygens (including phenoxy) is 2. The van der Waals surface area contributed by atoms with Crippen molar-refractivity contribution in [1.29, 1.82) is 0 Å². The monoisotopic (exact) mass is 758 g/mol. The number of rotatable bonds is 8. The minimum atomic E-state index is -5.13. The molecule has 2 saturated carbocycles. The van der Waals surface area contributed by atoms with E-state index in [4.69, 9.17) is 15.2 Å². The van der Waals surface area contributed by atoms with E-state index >= 15 is 0 Å². The third-order valence-electron chi connectivity index (χ3n) is 9.60. The van der Waals surface area contributed by atoms with Crippen molar-refractivity contribution >= 4 is 26.0 Å². The minimum Gasteiger partial charge on any atom is -0.496 e. The molecule has 2 unspecified atom stereocenters. The van der Waals surface area contributed by atoms with Gasteiger partial charge in [-0.2, -0.15) is 39.5 Å². The van der Waals surface area contributed by atoms with Gasteiger partial charge in [-0.05, 0) is 89.8 Å². The smallest absolute Gasteiger partial charge is 0.430 e. The van der Waals surface area contributed by atoms with E-state index < -0.39 is 73.1 Å². The summed E-state index contributed by atoms with van der Waals surface area (Å²) in [4.78, 5) is 26.1. The van der Waals surface area contributed by atoms with E-state index in [-0.39, 0.29) is 53.0 Å². The lowest BCUT2D eigenvalue weighted by Crippen LogP contribution is -2.41. The van der Waals surface area contributed by atoms with E-state index in [1.807, 2.05) is 0 Å². The van der Waals surface area contributed by atoms with Crippen molar-refractivity contribution in [3.63, 3.8) is 0 Å². The summed E-state index contributed by atoms with van der Waals surface area (Å²) in [5.41, 5.74) is -0.374. The molecule has 2 aromatic rings. The Balaban J connectivity index is 1.38. The minimum absolute atomic E-state index is 0.0170. The van der Waals surface area contributed by atoms with E-state index in [0.29, 0.717) is 34.9 Å². The largest absolute Gasteiger partial charge is 0.496 e. The van der Waals surface area contributed by atoms with Crippen molar-refractivity contribution in [3.8, 4) is 16.9 Å². The number of halogens is 9. The number of amides is 1. The van der Waals surface area contributed by atoms with Crippen LogP contribution in [0.4, 0.5) is 44.3 Å². The first kappa shape index (κ1) is 37.1. The molecule has 4 aliphatic rings. The van der Waals surface area contributed by atoms with Crippen molar-refractivity contribution < 1.29 is 63.7 Å². The van der Waals surface area contributed by atoms with Gasteiger partial charge in [-0.25, -0.2) is 9.59 Å². The van der Waals surface area contributed by atoms with Crippen molar-refractivity contribution in [2.45, 2.75) is 49.4 Å². The van der Waals surface area contributed by atoms with Crippen LogP contribution in [0, 0.1) is 12.8 Å². The molecule has 0 bridgehead atoms. The van der Waals surface area contributed by atoms with Crippen molar-refractivity contribution in [1.82, 2.24) is 4.90 Å². The first-order valence-electron chi connectivity index (χ1n) is 15.5. The Morgan fingerprint density at radius 2 is 1.69 bits per heavy atom. The number of benzene rings is 2. The molecule has 1 heterocycles. The maximum absolute atomic E-state index is 13.8. The Bertz CT molecular complexity index is 2020. The number of hydrogen-bond acceptors (Lipinski definition) is 5. The molecule has 6 rings (SSSR count). The second-order valence-electron chi connectivity index (χ2n) is 12.6. The maximum Gasteiger partial charge on any atom is 0.430 e. The van der Waals surface area contributed by atoms with Gasteiger partial charge in [-0.1, -0.05) is 32.9 Å². The van der Waals surface area contributed by atoms with Crippen LogP contribution in [-0.4, -0.2) is 65.1 Å². The van der Waals surface area contributed by atoms with Crippen LogP contribution in [0.25, 0.3) is 16.4 Å². The number of aromatic carboxylic acids is 1.